The van der Waals surface area contributed by atoms with E-state index in [-0.39, 0.29) is 11.8 Å². The molecule has 1 aliphatic rings. The first kappa shape index (κ1) is 16.1. The van der Waals surface area contributed by atoms with E-state index in [1.807, 2.05) is 0 Å². The van der Waals surface area contributed by atoms with Crippen molar-refractivity contribution in [1.82, 2.24) is 5.32 Å². The highest BCUT2D eigenvalue weighted by Crippen LogP contribution is 2.44. The van der Waals surface area contributed by atoms with Gasteiger partial charge in [0.1, 0.15) is 6.04 Å². The molecule has 0 aromatic heterocycles. The molecule has 0 bridgehead atoms. The van der Waals surface area contributed by atoms with Gasteiger partial charge < -0.3 is 10.2 Å². The van der Waals surface area contributed by atoms with Crippen molar-refractivity contribution in [3.05, 3.63) is 27.7 Å². The minimum atomic E-state index is -0.745. The van der Waals surface area contributed by atoms with E-state index in [0.29, 0.717) is 27.8 Å². The number of carbonyl (C=O) groups is 2. The molecule has 4 nitrogen and oxygen atoms in total. The fourth-order valence-electron chi connectivity index (χ4n) is 2.57. The predicted octanol–water partition coefficient (Wildman–Crippen LogP) is 3.71. The van der Waals surface area contributed by atoms with Gasteiger partial charge in [0.2, 0.25) is 5.91 Å². The Kier molecular flexibility index (Phi) is 5.12. The Bertz CT molecular complexity index is 575. The molecule has 114 valence electrons. The first-order chi connectivity index (χ1) is 9.97. The van der Waals surface area contributed by atoms with Gasteiger partial charge in [-0.3, -0.25) is 9.59 Å². The maximum absolute atomic E-state index is 12.6. The fourth-order valence-corrected chi connectivity index (χ4v) is 3.10. The number of benzene rings is 1. The Morgan fingerprint density at radius 2 is 1.95 bits per heavy atom. The van der Waals surface area contributed by atoms with Crippen molar-refractivity contribution in [2.75, 3.05) is 11.4 Å². The summed E-state index contributed by atoms with van der Waals surface area (Å²) in [7, 11) is 0. The van der Waals surface area contributed by atoms with Crippen LogP contribution in [0.5, 0.6) is 0 Å². The molecule has 0 spiro atoms. The van der Waals surface area contributed by atoms with Crippen molar-refractivity contribution < 1.29 is 9.59 Å². The monoisotopic (exact) mass is 328 g/mol. The molecule has 2 amide bonds. The summed E-state index contributed by atoms with van der Waals surface area (Å²) in [4.78, 5) is 25.6. The molecule has 1 heterocycles. The lowest BCUT2D eigenvalue weighted by Gasteiger charge is -2.18. The van der Waals surface area contributed by atoms with Crippen molar-refractivity contribution in [3.63, 3.8) is 0 Å². The molecular weight excluding hydrogens is 311 g/mol. The summed E-state index contributed by atoms with van der Waals surface area (Å²) in [5.41, 5.74) is 1.23. The summed E-state index contributed by atoms with van der Waals surface area (Å²) in [5, 5.41) is 3.59. The van der Waals surface area contributed by atoms with Gasteiger partial charge in [0.05, 0.1) is 10.7 Å². The smallest absolute Gasteiger partial charge is 0.254 e. The van der Waals surface area contributed by atoms with Crippen molar-refractivity contribution in [2.45, 2.75) is 39.2 Å². The Labute approximate surface area is 134 Å². The van der Waals surface area contributed by atoms with Crippen molar-refractivity contribution in [3.8, 4) is 0 Å². The molecular formula is C15H18Cl2N2O2. The molecule has 1 aliphatic heterocycles. The summed E-state index contributed by atoms with van der Waals surface area (Å²) in [6, 6.07) is 2.59. The first-order valence-corrected chi connectivity index (χ1v) is 7.79. The molecule has 0 aliphatic carbocycles. The van der Waals surface area contributed by atoms with E-state index in [4.69, 9.17) is 23.2 Å². The van der Waals surface area contributed by atoms with E-state index in [9.17, 15) is 9.59 Å². The Hall–Kier alpha value is -1.26. The number of nitrogens with zero attached hydrogens (tertiary/aromatic N) is 1. The van der Waals surface area contributed by atoms with Crippen LogP contribution in [0.15, 0.2) is 12.1 Å². The third-order valence-corrected chi connectivity index (χ3v) is 4.15. The summed E-state index contributed by atoms with van der Waals surface area (Å²) < 4.78 is 0. The van der Waals surface area contributed by atoms with Crippen LogP contribution in [0, 0.1) is 0 Å². The van der Waals surface area contributed by atoms with Gasteiger partial charge in [-0.05, 0) is 18.6 Å². The van der Waals surface area contributed by atoms with E-state index < -0.39 is 6.04 Å². The van der Waals surface area contributed by atoms with E-state index in [1.54, 1.807) is 17.0 Å². The number of hydrogen-bond donors (Lipinski definition) is 1. The number of anilines is 1. The number of fused-ring (bicyclic) bond motifs is 1. The number of unbranched alkanes of at least 4 members (excludes halogenated alkanes) is 2. The van der Waals surface area contributed by atoms with Crippen molar-refractivity contribution >= 4 is 40.7 Å². The van der Waals surface area contributed by atoms with Gasteiger partial charge in [0.25, 0.3) is 5.91 Å². The molecule has 1 N–H and O–H groups in total. The van der Waals surface area contributed by atoms with Gasteiger partial charge in [-0.25, -0.2) is 0 Å². The van der Waals surface area contributed by atoms with Crippen LogP contribution < -0.4 is 10.2 Å². The van der Waals surface area contributed by atoms with Crippen LogP contribution in [0.3, 0.4) is 0 Å². The quantitative estimate of drug-likeness (QED) is 0.837. The molecule has 0 fully saturated rings. The van der Waals surface area contributed by atoms with Crippen LogP contribution in [0.2, 0.25) is 10.0 Å². The fraction of sp³-hybridized carbons (Fsp3) is 0.467. The molecule has 0 radical (unpaired) electrons. The summed E-state index contributed by atoms with van der Waals surface area (Å²) in [5.74, 6) is -0.447. The predicted molar refractivity (Wildman–Crippen MR) is 84.9 cm³/mol. The third-order valence-electron chi connectivity index (χ3n) is 3.52. The van der Waals surface area contributed by atoms with Gasteiger partial charge in [0, 0.05) is 24.1 Å². The minimum absolute atomic E-state index is 0.175. The highest BCUT2D eigenvalue weighted by molar-refractivity contribution is 6.38. The van der Waals surface area contributed by atoms with Crippen LogP contribution in [-0.4, -0.2) is 18.4 Å². The lowest BCUT2D eigenvalue weighted by atomic mass is 10.1. The summed E-state index contributed by atoms with van der Waals surface area (Å²) in [6.07, 6.45) is 2.98. The molecule has 2 rings (SSSR count). The molecule has 0 saturated carbocycles. The number of carbonyl (C=O) groups excluding carboxylic acids is 2. The van der Waals surface area contributed by atoms with Crippen LogP contribution >= 0.6 is 23.2 Å². The Balaban J connectivity index is 2.41. The molecule has 0 saturated heterocycles. The lowest BCUT2D eigenvalue weighted by Crippen LogP contribution is -2.37. The Morgan fingerprint density at radius 3 is 2.57 bits per heavy atom. The van der Waals surface area contributed by atoms with Crippen LogP contribution in [-0.2, 0) is 9.59 Å². The van der Waals surface area contributed by atoms with Gasteiger partial charge in [-0.2, -0.15) is 0 Å². The van der Waals surface area contributed by atoms with Gasteiger partial charge in [-0.1, -0.05) is 43.0 Å². The van der Waals surface area contributed by atoms with Crippen LogP contribution in [0.1, 0.15) is 44.7 Å². The lowest BCUT2D eigenvalue weighted by molar-refractivity contribution is -0.126. The van der Waals surface area contributed by atoms with Crippen molar-refractivity contribution in [2.24, 2.45) is 0 Å². The van der Waals surface area contributed by atoms with E-state index >= 15 is 0 Å². The van der Waals surface area contributed by atoms with Crippen LogP contribution in [0.4, 0.5) is 5.69 Å². The average molecular weight is 329 g/mol. The number of nitrogens with one attached hydrogen (secondary N) is 1. The number of amides is 2. The topological polar surface area (TPSA) is 49.4 Å². The second-order valence-electron chi connectivity index (χ2n) is 5.12. The van der Waals surface area contributed by atoms with E-state index in [2.05, 4.69) is 12.2 Å². The van der Waals surface area contributed by atoms with Crippen molar-refractivity contribution in [1.29, 1.82) is 0 Å². The molecule has 6 heteroatoms. The second-order valence-corrected chi connectivity index (χ2v) is 5.94. The third kappa shape index (κ3) is 3.16. The standard InChI is InChI=1S/C15H18Cl2N2O2/c1-3-4-5-8-19-14-11(17)7-6-10(16)12(14)13(15(19)21)18-9(2)20/h6-7,13H,3-5,8H2,1-2H3,(H,18,20). The zero-order valence-electron chi connectivity index (χ0n) is 12.1. The maximum atomic E-state index is 12.6. The molecule has 1 atom stereocenters. The maximum Gasteiger partial charge on any atom is 0.254 e. The normalized spacial score (nSPS) is 17.0. The SMILES string of the molecule is CCCCCN1C(=O)C(NC(C)=O)c2c(Cl)ccc(Cl)c21. The largest absolute Gasteiger partial charge is 0.341 e. The first-order valence-electron chi connectivity index (χ1n) is 7.03. The van der Waals surface area contributed by atoms with Gasteiger partial charge in [0.15, 0.2) is 0 Å². The summed E-state index contributed by atoms with van der Waals surface area (Å²) in [6.45, 7) is 4.06. The summed E-state index contributed by atoms with van der Waals surface area (Å²) >= 11 is 12.5. The molecule has 1 unspecified atom stereocenters. The zero-order chi connectivity index (χ0) is 15.6. The number of halogens is 2. The average Bonchev–Trinajstić information content (AvgIpc) is 2.69. The number of hydrogen-bond acceptors (Lipinski definition) is 2. The Morgan fingerprint density at radius 1 is 1.29 bits per heavy atom. The van der Waals surface area contributed by atoms with E-state index in [0.717, 1.165) is 19.3 Å². The minimum Gasteiger partial charge on any atom is -0.341 e. The highest BCUT2D eigenvalue weighted by atomic mass is 35.5. The van der Waals surface area contributed by atoms with Crippen LogP contribution in [0.25, 0.3) is 0 Å². The second kappa shape index (κ2) is 6.67. The van der Waals surface area contributed by atoms with Gasteiger partial charge >= 0.3 is 0 Å². The zero-order valence-corrected chi connectivity index (χ0v) is 13.6. The highest BCUT2D eigenvalue weighted by Gasteiger charge is 2.40. The molecule has 21 heavy (non-hydrogen) atoms. The molecule has 1 aromatic rings. The molecule has 1 aromatic carbocycles. The van der Waals surface area contributed by atoms with E-state index in [1.165, 1.54) is 6.92 Å². The number of rotatable bonds is 5. The van der Waals surface area contributed by atoms with Gasteiger partial charge in [-0.15, -0.1) is 0 Å².